The Kier molecular flexibility index (Phi) is 6.46. The number of hydrogen-bond donors (Lipinski definition) is 1. The summed E-state index contributed by atoms with van der Waals surface area (Å²) < 4.78 is 12.2. The second-order valence-electron chi connectivity index (χ2n) is 5.82. The molecular formula is C20H20ClN3O3. The predicted molar refractivity (Wildman–Crippen MR) is 105 cm³/mol. The number of nitrogens with one attached hydrogen (secondary N) is 1. The van der Waals surface area contributed by atoms with Gasteiger partial charge in [-0.25, -0.2) is 4.68 Å². The highest BCUT2D eigenvalue weighted by atomic mass is 35.5. The van der Waals surface area contributed by atoms with Crippen LogP contribution >= 0.6 is 11.6 Å². The van der Waals surface area contributed by atoms with E-state index in [-0.39, 0.29) is 5.91 Å². The van der Waals surface area contributed by atoms with Crippen molar-refractivity contribution < 1.29 is 14.3 Å². The molecule has 2 aromatic carbocycles. The Hall–Kier alpha value is -2.83. The quantitative estimate of drug-likeness (QED) is 0.598. The second-order valence-corrected chi connectivity index (χ2v) is 6.26. The summed E-state index contributed by atoms with van der Waals surface area (Å²) in [6.45, 7) is 1.44. The molecule has 0 aliphatic rings. The van der Waals surface area contributed by atoms with Gasteiger partial charge in [0.15, 0.2) is 0 Å². The molecule has 0 saturated carbocycles. The Morgan fingerprint density at radius 3 is 2.74 bits per heavy atom. The third kappa shape index (κ3) is 5.32. The smallest absolute Gasteiger partial charge is 0.256 e. The van der Waals surface area contributed by atoms with E-state index < -0.39 is 0 Å². The molecule has 1 heterocycles. The van der Waals surface area contributed by atoms with Crippen LogP contribution in [0.15, 0.2) is 60.8 Å². The number of benzene rings is 2. The average molecular weight is 386 g/mol. The van der Waals surface area contributed by atoms with E-state index in [4.69, 9.17) is 21.1 Å². The van der Waals surface area contributed by atoms with Gasteiger partial charge in [0.05, 0.1) is 19.3 Å². The fourth-order valence-electron chi connectivity index (χ4n) is 2.49. The summed E-state index contributed by atoms with van der Waals surface area (Å²) in [4.78, 5) is 12.6. The van der Waals surface area contributed by atoms with E-state index in [0.29, 0.717) is 41.9 Å². The van der Waals surface area contributed by atoms with Gasteiger partial charge in [-0.1, -0.05) is 29.8 Å². The predicted octanol–water partition coefficient (Wildman–Crippen LogP) is 3.86. The molecule has 0 aliphatic carbocycles. The van der Waals surface area contributed by atoms with Crippen molar-refractivity contribution in [2.45, 2.75) is 6.54 Å². The number of aromatic nitrogens is 2. The molecule has 0 spiro atoms. The van der Waals surface area contributed by atoms with Crippen molar-refractivity contribution in [2.24, 2.45) is 0 Å². The lowest BCUT2D eigenvalue weighted by Gasteiger charge is -2.10. The van der Waals surface area contributed by atoms with Gasteiger partial charge in [0.1, 0.15) is 18.2 Å². The van der Waals surface area contributed by atoms with Gasteiger partial charge in [0, 0.05) is 23.8 Å². The second kappa shape index (κ2) is 9.21. The zero-order chi connectivity index (χ0) is 19.1. The first kappa shape index (κ1) is 18.9. The van der Waals surface area contributed by atoms with Crippen molar-refractivity contribution in [3.05, 3.63) is 76.9 Å². The third-order valence-corrected chi connectivity index (χ3v) is 4.11. The first-order valence-corrected chi connectivity index (χ1v) is 8.83. The molecule has 27 heavy (non-hydrogen) atoms. The fourth-order valence-corrected chi connectivity index (χ4v) is 2.61. The molecule has 3 aromatic rings. The highest BCUT2D eigenvalue weighted by Gasteiger charge is 2.11. The number of hydrogen-bond acceptors (Lipinski definition) is 4. The standard InChI is InChI=1S/C20H20ClN3O3/c1-26-11-12-27-18-4-2-3-16(13-18)20(25)23-19-9-10-22-24(19)14-15-5-7-17(21)8-6-15/h2-10,13H,11-12,14H2,1H3,(H,23,25). The largest absolute Gasteiger partial charge is 0.491 e. The number of amides is 1. The lowest BCUT2D eigenvalue weighted by Crippen LogP contribution is -2.16. The maximum absolute atomic E-state index is 12.6. The molecule has 7 heteroatoms. The summed E-state index contributed by atoms with van der Waals surface area (Å²) in [6.07, 6.45) is 1.65. The minimum atomic E-state index is -0.231. The number of ether oxygens (including phenoxy) is 2. The average Bonchev–Trinajstić information content (AvgIpc) is 3.11. The first-order valence-electron chi connectivity index (χ1n) is 8.45. The van der Waals surface area contributed by atoms with Gasteiger partial charge in [-0.05, 0) is 35.9 Å². The van der Waals surface area contributed by atoms with E-state index in [1.54, 1.807) is 48.3 Å². The van der Waals surface area contributed by atoms with Crippen LogP contribution in [0.1, 0.15) is 15.9 Å². The molecule has 1 N–H and O–H groups in total. The molecule has 0 unspecified atom stereocenters. The van der Waals surface area contributed by atoms with Gasteiger partial charge in [-0.2, -0.15) is 5.10 Å². The van der Waals surface area contributed by atoms with E-state index in [1.165, 1.54) is 0 Å². The van der Waals surface area contributed by atoms with Crippen LogP contribution in [-0.4, -0.2) is 36.0 Å². The highest BCUT2D eigenvalue weighted by Crippen LogP contribution is 2.17. The monoisotopic (exact) mass is 385 g/mol. The molecule has 0 bridgehead atoms. The Morgan fingerprint density at radius 2 is 1.96 bits per heavy atom. The topological polar surface area (TPSA) is 65.4 Å². The molecular weight excluding hydrogens is 366 g/mol. The summed E-state index contributed by atoms with van der Waals surface area (Å²) >= 11 is 5.92. The molecule has 0 radical (unpaired) electrons. The third-order valence-electron chi connectivity index (χ3n) is 3.86. The van der Waals surface area contributed by atoms with E-state index >= 15 is 0 Å². The SMILES string of the molecule is COCCOc1cccc(C(=O)Nc2ccnn2Cc2ccc(Cl)cc2)c1. The summed E-state index contributed by atoms with van der Waals surface area (Å²) in [5.74, 6) is 1.00. The highest BCUT2D eigenvalue weighted by molar-refractivity contribution is 6.30. The summed E-state index contributed by atoms with van der Waals surface area (Å²) in [7, 11) is 1.61. The Bertz CT molecular complexity index is 893. The van der Waals surface area contributed by atoms with Crippen LogP contribution in [0.4, 0.5) is 5.82 Å². The maximum atomic E-state index is 12.6. The fraction of sp³-hybridized carbons (Fsp3) is 0.200. The molecule has 0 atom stereocenters. The first-order chi connectivity index (χ1) is 13.2. The minimum absolute atomic E-state index is 0.231. The van der Waals surface area contributed by atoms with Gasteiger partial charge >= 0.3 is 0 Å². The molecule has 0 saturated heterocycles. The molecule has 0 fully saturated rings. The van der Waals surface area contributed by atoms with Crippen LogP contribution in [0.3, 0.4) is 0 Å². The van der Waals surface area contributed by atoms with E-state index in [9.17, 15) is 4.79 Å². The van der Waals surface area contributed by atoms with Crippen molar-refractivity contribution in [3.8, 4) is 5.75 Å². The number of rotatable bonds is 8. The van der Waals surface area contributed by atoms with Crippen LogP contribution < -0.4 is 10.1 Å². The summed E-state index contributed by atoms with van der Waals surface area (Å²) in [5.41, 5.74) is 1.54. The number of carbonyl (C=O) groups is 1. The molecule has 6 nitrogen and oxygen atoms in total. The maximum Gasteiger partial charge on any atom is 0.256 e. The van der Waals surface area contributed by atoms with Crippen LogP contribution in [-0.2, 0) is 11.3 Å². The number of anilines is 1. The summed E-state index contributed by atoms with van der Waals surface area (Å²) in [5, 5.41) is 7.85. The lowest BCUT2D eigenvalue weighted by molar-refractivity contribution is 0.102. The summed E-state index contributed by atoms with van der Waals surface area (Å²) in [6, 6.07) is 16.3. The van der Waals surface area contributed by atoms with Gasteiger partial charge in [0.2, 0.25) is 0 Å². The van der Waals surface area contributed by atoms with Crippen molar-refractivity contribution >= 4 is 23.3 Å². The number of methoxy groups -OCH3 is 1. The van der Waals surface area contributed by atoms with Crippen LogP contribution in [0.5, 0.6) is 5.75 Å². The van der Waals surface area contributed by atoms with Gasteiger partial charge in [0.25, 0.3) is 5.91 Å². The van der Waals surface area contributed by atoms with Gasteiger partial charge in [-0.3, -0.25) is 4.79 Å². The van der Waals surface area contributed by atoms with Crippen molar-refractivity contribution in [1.82, 2.24) is 9.78 Å². The lowest BCUT2D eigenvalue weighted by atomic mass is 10.2. The van der Waals surface area contributed by atoms with Crippen LogP contribution in [0.2, 0.25) is 5.02 Å². The van der Waals surface area contributed by atoms with E-state index in [1.807, 2.05) is 24.3 Å². The van der Waals surface area contributed by atoms with Crippen molar-refractivity contribution in [1.29, 1.82) is 0 Å². The number of carbonyl (C=O) groups excluding carboxylic acids is 1. The van der Waals surface area contributed by atoms with Gasteiger partial charge < -0.3 is 14.8 Å². The van der Waals surface area contributed by atoms with Gasteiger partial charge in [-0.15, -0.1) is 0 Å². The van der Waals surface area contributed by atoms with E-state index in [0.717, 1.165) is 5.56 Å². The zero-order valence-corrected chi connectivity index (χ0v) is 15.6. The van der Waals surface area contributed by atoms with Crippen LogP contribution in [0.25, 0.3) is 0 Å². The Morgan fingerprint density at radius 1 is 1.15 bits per heavy atom. The Balaban J connectivity index is 1.67. The minimum Gasteiger partial charge on any atom is -0.491 e. The number of halogens is 1. The van der Waals surface area contributed by atoms with Crippen molar-refractivity contribution in [2.75, 3.05) is 25.6 Å². The molecule has 1 amide bonds. The molecule has 0 aliphatic heterocycles. The molecule has 1 aromatic heterocycles. The normalized spacial score (nSPS) is 10.6. The molecule has 140 valence electrons. The number of nitrogens with zero attached hydrogens (tertiary/aromatic N) is 2. The van der Waals surface area contributed by atoms with Crippen LogP contribution in [0, 0.1) is 0 Å². The zero-order valence-electron chi connectivity index (χ0n) is 14.9. The van der Waals surface area contributed by atoms with E-state index in [2.05, 4.69) is 10.4 Å². The Labute approximate surface area is 162 Å². The molecule has 3 rings (SSSR count). The van der Waals surface area contributed by atoms with Crippen molar-refractivity contribution in [3.63, 3.8) is 0 Å².